The van der Waals surface area contributed by atoms with Crippen LogP contribution in [0.4, 0.5) is 5.82 Å². The molecule has 0 aliphatic rings. The molecule has 1 aromatic heterocycles. The number of nitrogens with zero attached hydrogens (tertiary/aromatic N) is 1. The third-order valence-electron chi connectivity index (χ3n) is 1.52. The van der Waals surface area contributed by atoms with Gasteiger partial charge in [-0.3, -0.25) is 4.79 Å². The Morgan fingerprint density at radius 3 is 3.07 bits per heavy atom. The minimum Gasteiger partial charge on any atom is -0.449 e. The first-order valence-corrected chi connectivity index (χ1v) is 4.73. The van der Waals surface area contributed by atoms with Gasteiger partial charge in [-0.2, -0.15) is 0 Å². The molecule has 1 rings (SSSR count). The number of hydrogen-bond acceptors (Lipinski definition) is 4. The van der Waals surface area contributed by atoms with E-state index in [1.165, 1.54) is 0 Å². The predicted molar refractivity (Wildman–Crippen MR) is 54.2 cm³/mol. The van der Waals surface area contributed by atoms with Gasteiger partial charge < -0.3 is 10.1 Å². The molecule has 0 fully saturated rings. The minimum absolute atomic E-state index is 0.0948. The predicted octanol–water partition coefficient (Wildman–Crippen LogP) is 1.62. The van der Waals surface area contributed by atoms with Gasteiger partial charge in [-0.1, -0.05) is 17.7 Å². The van der Waals surface area contributed by atoms with Crippen molar-refractivity contribution in [1.29, 1.82) is 0 Å². The van der Waals surface area contributed by atoms with Gasteiger partial charge in [0.05, 0.1) is 6.42 Å². The average Bonchev–Trinajstić information content (AvgIpc) is 2.20. The number of hydrogen-bond donors (Lipinski definition) is 1. The maximum absolute atomic E-state index is 10.9. The zero-order valence-corrected chi connectivity index (χ0v) is 8.33. The summed E-state index contributed by atoms with van der Waals surface area (Å²) in [5, 5.41) is 2.98. The molecule has 0 spiro atoms. The number of pyridine rings is 1. The molecule has 1 N–H and O–H groups in total. The molecular formula is C9H11ClN2O2. The van der Waals surface area contributed by atoms with Crippen LogP contribution in [0.1, 0.15) is 6.42 Å². The van der Waals surface area contributed by atoms with E-state index in [2.05, 4.69) is 15.0 Å². The van der Waals surface area contributed by atoms with Crippen molar-refractivity contribution in [1.82, 2.24) is 4.98 Å². The second-order valence-electron chi connectivity index (χ2n) is 2.52. The molecular weight excluding hydrogens is 204 g/mol. The smallest absolute Gasteiger partial charge is 0.308 e. The van der Waals surface area contributed by atoms with Crippen LogP contribution in [0.25, 0.3) is 0 Å². The van der Waals surface area contributed by atoms with Crippen LogP contribution in [0.5, 0.6) is 0 Å². The summed E-state index contributed by atoms with van der Waals surface area (Å²) < 4.78 is 4.55. The number of alkyl halides is 1. The fourth-order valence-corrected chi connectivity index (χ4v) is 1.01. The van der Waals surface area contributed by atoms with Crippen molar-refractivity contribution in [2.24, 2.45) is 0 Å². The second-order valence-corrected chi connectivity index (χ2v) is 2.74. The molecule has 1 aromatic rings. The summed E-state index contributed by atoms with van der Waals surface area (Å²) in [7, 11) is 0. The molecule has 14 heavy (non-hydrogen) atoms. The van der Waals surface area contributed by atoms with Gasteiger partial charge in [-0.15, -0.1) is 0 Å². The van der Waals surface area contributed by atoms with Gasteiger partial charge in [0.1, 0.15) is 5.82 Å². The molecule has 5 heteroatoms. The Morgan fingerprint density at radius 1 is 1.57 bits per heavy atom. The van der Waals surface area contributed by atoms with E-state index in [9.17, 15) is 4.79 Å². The summed E-state index contributed by atoms with van der Waals surface area (Å²) in [6, 6.07) is 5.43. The average molecular weight is 215 g/mol. The van der Waals surface area contributed by atoms with E-state index >= 15 is 0 Å². The normalized spacial score (nSPS) is 9.50. The largest absolute Gasteiger partial charge is 0.449 e. The van der Waals surface area contributed by atoms with Gasteiger partial charge in [0.25, 0.3) is 0 Å². The van der Waals surface area contributed by atoms with Gasteiger partial charge >= 0.3 is 5.97 Å². The van der Waals surface area contributed by atoms with Crippen molar-refractivity contribution in [3.63, 3.8) is 0 Å². The number of carbonyl (C=O) groups is 1. The van der Waals surface area contributed by atoms with Crippen molar-refractivity contribution >= 4 is 23.4 Å². The Labute approximate surface area is 87.2 Å². The molecule has 0 unspecified atom stereocenters. The molecule has 1 heterocycles. The molecule has 0 atom stereocenters. The van der Waals surface area contributed by atoms with Crippen LogP contribution in [-0.4, -0.2) is 23.6 Å². The highest BCUT2D eigenvalue weighted by Crippen LogP contribution is 1.99. The number of ether oxygens (including phenoxy) is 1. The van der Waals surface area contributed by atoms with E-state index in [-0.39, 0.29) is 18.5 Å². The van der Waals surface area contributed by atoms with Gasteiger partial charge in [0.2, 0.25) is 0 Å². The molecule has 0 saturated carbocycles. The fraction of sp³-hybridized carbons (Fsp3) is 0.333. The molecule has 4 nitrogen and oxygen atoms in total. The van der Waals surface area contributed by atoms with Crippen LogP contribution >= 0.6 is 11.6 Å². The number of rotatable bonds is 5. The standard InChI is InChI=1S/C9H11ClN2O2/c10-7-14-9(13)4-6-12-8-3-1-2-5-11-8/h1-3,5H,4,6-7H2,(H,11,12). The van der Waals surface area contributed by atoms with Crippen LogP contribution in [0, 0.1) is 0 Å². The quantitative estimate of drug-likeness (QED) is 0.598. The number of nitrogens with one attached hydrogen (secondary N) is 1. The first kappa shape index (κ1) is 10.8. The number of carbonyl (C=O) groups excluding carboxylic acids is 1. The lowest BCUT2D eigenvalue weighted by atomic mass is 10.4. The highest BCUT2D eigenvalue weighted by Gasteiger charge is 2.00. The number of esters is 1. The van der Waals surface area contributed by atoms with Gasteiger partial charge in [-0.25, -0.2) is 4.98 Å². The van der Waals surface area contributed by atoms with Crippen LogP contribution in [0.15, 0.2) is 24.4 Å². The van der Waals surface area contributed by atoms with Crippen molar-refractivity contribution in [2.75, 3.05) is 17.9 Å². The molecule has 0 saturated heterocycles. The number of halogens is 1. The number of anilines is 1. The maximum Gasteiger partial charge on any atom is 0.308 e. The first-order valence-electron chi connectivity index (χ1n) is 4.19. The van der Waals surface area contributed by atoms with E-state index in [0.717, 1.165) is 5.82 Å². The lowest BCUT2D eigenvalue weighted by molar-refractivity contribution is -0.141. The Balaban J connectivity index is 2.19. The SMILES string of the molecule is O=C(CCNc1ccccn1)OCCl. The maximum atomic E-state index is 10.9. The van der Waals surface area contributed by atoms with E-state index in [1.807, 2.05) is 18.2 Å². The molecule has 0 bridgehead atoms. The summed E-state index contributed by atoms with van der Waals surface area (Å²) in [5.74, 6) is 0.426. The lowest BCUT2D eigenvalue weighted by Gasteiger charge is -2.03. The molecule has 0 aliphatic heterocycles. The molecule has 0 aliphatic carbocycles. The second kappa shape index (κ2) is 6.21. The van der Waals surface area contributed by atoms with Crippen molar-refractivity contribution in [2.45, 2.75) is 6.42 Å². The van der Waals surface area contributed by atoms with Gasteiger partial charge in [0.15, 0.2) is 6.07 Å². The third kappa shape index (κ3) is 4.09. The minimum atomic E-state index is -0.316. The molecule has 76 valence electrons. The van der Waals surface area contributed by atoms with Crippen molar-refractivity contribution in [3.8, 4) is 0 Å². The van der Waals surface area contributed by atoms with Crippen LogP contribution in [0.3, 0.4) is 0 Å². The van der Waals surface area contributed by atoms with Gasteiger partial charge in [-0.05, 0) is 12.1 Å². The summed E-state index contributed by atoms with van der Waals surface area (Å²) in [5.41, 5.74) is 0. The summed E-state index contributed by atoms with van der Waals surface area (Å²) in [6.07, 6.45) is 1.96. The molecule has 0 amide bonds. The zero-order valence-electron chi connectivity index (χ0n) is 7.57. The Hall–Kier alpha value is -1.29. The summed E-state index contributed by atoms with van der Waals surface area (Å²) >= 11 is 5.22. The third-order valence-corrected chi connectivity index (χ3v) is 1.62. The first-order chi connectivity index (χ1) is 6.83. The van der Waals surface area contributed by atoms with E-state index in [4.69, 9.17) is 11.6 Å². The summed E-state index contributed by atoms with van der Waals surface area (Å²) in [4.78, 5) is 14.9. The Bertz CT molecular complexity index is 279. The lowest BCUT2D eigenvalue weighted by Crippen LogP contribution is -2.11. The van der Waals surface area contributed by atoms with E-state index in [0.29, 0.717) is 6.54 Å². The Morgan fingerprint density at radius 2 is 2.43 bits per heavy atom. The fourth-order valence-electron chi connectivity index (χ4n) is 0.893. The van der Waals surface area contributed by atoms with E-state index in [1.54, 1.807) is 6.20 Å². The zero-order chi connectivity index (χ0) is 10.2. The molecule has 0 aromatic carbocycles. The summed E-state index contributed by atoms with van der Waals surface area (Å²) in [6.45, 7) is 0.493. The molecule has 0 radical (unpaired) electrons. The van der Waals surface area contributed by atoms with Crippen LogP contribution < -0.4 is 5.32 Å². The topological polar surface area (TPSA) is 51.2 Å². The van der Waals surface area contributed by atoms with Gasteiger partial charge in [0, 0.05) is 12.7 Å². The number of aromatic nitrogens is 1. The Kier molecular flexibility index (Phi) is 4.78. The van der Waals surface area contributed by atoms with Crippen molar-refractivity contribution in [3.05, 3.63) is 24.4 Å². The van der Waals surface area contributed by atoms with Crippen molar-refractivity contribution < 1.29 is 9.53 Å². The highest BCUT2D eigenvalue weighted by molar-refractivity contribution is 6.17. The monoisotopic (exact) mass is 214 g/mol. The van der Waals surface area contributed by atoms with Crippen LogP contribution in [-0.2, 0) is 9.53 Å². The highest BCUT2D eigenvalue weighted by atomic mass is 35.5. The van der Waals surface area contributed by atoms with E-state index < -0.39 is 0 Å². The van der Waals surface area contributed by atoms with Crippen LogP contribution in [0.2, 0.25) is 0 Å².